The molecule has 260 valence electrons. The molecule has 0 bridgehead atoms. The zero-order valence-electron chi connectivity index (χ0n) is 25.5. The monoisotopic (exact) mass is 716 g/mol. The van der Waals surface area contributed by atoms with Crippen molar-refractivity contribution in [2.75, 3.05) is 11.9 Å². The number of alkyl halides is 5. The number of hydrogen-bond donors (Lipinski definition) is 3. The molecule has 18 heteroatoms. The van der Waals surface area contributed by atoms with Crippen LogP contribution in [-0.4, -0.2) is 58.0 Å². The average Bonchev–Trinajstić information content (AvgIpc) is 3.33. The highest BCUT2D eigenvalue weighted by molar-refractivity contribution is 6.39. The zero-order valence-corrected chi connectivity index (χ0v) is 27.0. The van der Waals surface area contributed by atoms with Gasteiger partial charge in [0.05, 0.1) is 22.3 Å². The summed E-state index contributed by atoms with van der Waals surface area (Å²) in [5.41, 5.74) is -0.541. The number of aromatic nitrogens is 3. The van der Waals surface area contributed by atoms with Crippen LogP contribution in [0.2, 0.25) is 10.0 Å². The second-order valence-electron chi connectivity index (χ2n) is 11.7. The SMILES string of the molecule is CC(C)(C)C(=O)NCc1ccc(Cl)c(Nc2nc3cc(C(=O)NC4CCC(F)CC4)c(OCC(F)F)nc3n2CC(F)F)c1Cl.FF. The maximum absolute atomic E-state index is 13.8. The third-order valence-electron chi connectivity index (χ3n) is 7.12. The molecule has 3 aromatic rings. The first kappa shape index (κ1) is 37.9. The zero-order chi connectivity index (χ0) is 35.1. The summed E-state index contributed by atoms with van der Waals surface area (Å²) < 4.78 is 89.4. The molecule has 2 heterocycles. The predicted molar refractivity (Wildman–Crippen MR) is 163 cm³/mol. The van der Waals surface area contributed by atoms with Gasteiger partial charge in [-0.15, -0.1) is 0 Å². The maximum atomic E-state index is 13.8. The van der Waals surface area contributed by atoms with Gasteiger partial charge in [-0.05, 0) is 43.4 Å². The van der Waals surface area contributed by atoms with Crippen LogP contribution in [0, 0.1) is 5.41 Å². The Bertz CT molecular complexity index is 1550. The van der Waals surface area contributed by atoms with Crippen molar-refractivity contribution in [3.05, 3.63) is 39.4 Å². The van der Waals surface area contributed by atoms with Crippen LogP contribution in [0.5, 0.6) is 5.88 Å². The van der Waals surface area contributed by atoms with Crippen molar-refractivity contribution < 1.29 is 45.4 Å². The lowest BCUT2D eigenvalue weighted by Gasteiger charge is -2.25. The average molecular weight is 718 g/mol. The fourth-order valence-corrected chi connectivity index (χ4v) is 5.24. The van der Waals surface area contributed by atoms with E-state index in [-0.39, 0.29) is 69.7 Å². The van der Waals surface area contributed by atoms with E-state index in [0.29, 0.717) is 18.4 Å². The number of carbonyl (C=O) groups is 2. The minimum atomic E-state index is -2.91. The van der Waals surface area contributed by atoms with Crippen LogP contribution in [0.15, 0.2) is 18.2 Å². The minimum Gasteiger partial charge on any atom is -0.471 e. The third kappa shape index (κ3) is 9.98. The van der Waals surface area contributed by atoms with Gasteiger partial charge in [-0.2, -0.15) is 4.98 Å². The quantitative estimate of drug-likeness (QED) is 0.174. The normalized spacial score (nSPS) is 16.6. The molecular formula is C29H33Cl2F7N6O3. The molecule has 3 N–H and O–H groups in total. The number of benzene rings is 1. The van der Waals surface area contributed by atoms with Gasteiger partial charge in [-0.3, -0.25) is 14.2 Å². The van der Waals surface area contributed by atoms with Crippen LogP contribution in [0.4, 0.5) is 42.7 Å². The number of rotatable bonds is 11. The highest BCUT2D eigenvalue weighted by atomic mass is 35.5. The molecule has 0 atom stereocenters. The maximum Gasteiger partial charge on any atom is 0.272 e. The Morgan fingerprint density at radius 1 is 1.04 bits per heavy atom. The number of anilines is 2. The van der Waals surface area contributed by atoms with Crippen molar-refractivity contribution >= 4 is 57.8 Å². The van der Waals surface area contributed by atoms with Gasteiger partial charge in [0.2, 0.25) is 17.7 Å². The lowest BCUT2D eigenvalue weighted by Crippen LogP contribution is -2.38. The Balaban J connectivity index is 0.00000294. The summed E-state index contributed by atoms with van der Waals surface area (Å²) in [7, 11) is 0. The smallest absolute Gasteiger partial charge is 0.272 e. The highest BCUT2D eigenvalue weighted by Gasteiger charge is 2.27. The summed E-state index contributed by atoms with van der Waals surface area (Å²) in [6, 6.07) is 3.94. The minimum absolute atomic E-state index is 0.0268. The summed E-state index contributed by atoms with van der Waals surface area (Å²) in [5.74, 6) is -1.64. The second kappa shape index (κ2) is 16.5. The molecule has 1 fully saturated rings. The second-order valence-corrected chi connectivity index (χ2v) is 12.5. The number of fused-ring (bicyclic) bond motifs is 1. The van der Waals surface area contributed by atoms with Crippen molar-refractivity contribution in [2.45, 2.75) is 84.6 Å². The van der Waals surface area contributed by atoms with E-state index in [9.17, 15) is 31.5 Å². The lowest BCUT2D eigenvalue weighted by molar-refractivity contribution is -0.128. The Labute approximate surface area is 275 Å². The molecule has 4 rings (SSSR count). The lowest BCUT2D eigenvalue weighted by atomic mass is 9.94. The molecule has 2 amide bonds. The molecular weight excluding hydrogens is 684 g/mol. The van der Waals surface area contributed by atoms with Crippen molar-refractivity contribution in [2.24, 2.45) is 5.41 Å². The van der Waals surface area contributed by atoms with Gasteiger partial charge < -0.3 is 20.7 Å². The van der Waals surface area contributed by atoms with E-state index in [2.05, 4.69) is 25.9 Å². The van der Waals surface area contributed by atoms with E-state index in [1.807, 2.05) is 0 Å². The van der Waals surface area contributed by atoms with Gasteiger partial charge in [0.15, 0.2) is 12.3 Å². The summed E-state index contributed by atoms with van der Waals surface area (Å²) in [5, 5.41) is 8.57. The van der Waals surface area contributed by atoms with Gasteiger partial charge in [-0.25, -0.2) is 26.9 Å². The molecule has 0 spiro atoms. The molecule has 0 unspecified atom stereocenters. The summed E-state index contributed by atoms with van der Waals surface area (Å²) in [6.45, 7) is 3.26. The third-order valence-corrected chi connectivity index (χ3v) is 7.86. The van der Waals surface area contributed by atoms with Gasteiger partial charge in [0, 0.05) is 27.2 Å². The van der Waals surface area contributed by atoms with Crippen LogP contribution < -0.4 is 20.7 Å². The largest absolute Gasteiger partial charge is 0.471 e. The van der Waals surface area contributed by atoms with Crippen LogP contribution in [0.1, 0.15) is 62.4 Å². The molecule has 0 saturated heterocycles. The fraction of sp³-hybridized carbons (Fsp3) is 0.517. The summed E-state index contributed by atoms with van der Waals surface area (Å²) in [4.78, 5) is 34.1. The molecule has 2 aromatic heterocycles. The number of nitrogens with zero attached hydrogens (tertiary/aromatic N) is 3. The van der Waals surface area contributed by atoms with Crippen molar-refractivity contribution in [1.82, 2.24) is 25.2 Å². The van der Waals surface area contributed by atoms with Crippen molar-refractivity contribution in [1.29, 1.82) is 0 Å². The number of hydrogen-bond acceptors (Lipinski definition) is 6. The van der Waals surface area contributed by atoms with Crippen molar-refractivity contribution in [3.8, 4) is 5.88 Å². The van der Waals surface area contributed by atoms with E-state index in [4.69, 9.17) is 37.1 Å². The van der Waals surface area contributed by atoms with E-state index in [1.54, 1.807) is 26.8 Å². The number of pyridine rings is 1. The molecule has 1 saturated carbocycles. The number of imidazole rings is 1. The van der Waals surface area contributed by atoms with Gasteiger partial charge in [0.1, 0.15) is 17.3 Å². The molecule has 47 heavy (non-hydrogen) atoms. The van der Waals surface area contributed by atoms with E-state index >= 15 is 0 Å². The Hall–Kier alpha value is -3.53. The summed E-state index contributed by atoms with van der Waals surface area (Å²) in [6.07, 6.45) is -5.48. The van der Waals surface area contributed by atoms with E-state index in [1.165, 1.54) is 12.1 Å². The van der Waals surface area contributed by atoms with Crippen LogP contribution in [0.3, 0.4) is 0 Å². The first-order chi connectivity index (χ1) is 22.1. The van der Waals surface area contributed by atoms with E-state index in [0.717, 1.165) is 4.57 Å². The first-order valence-corrected chi connectivity index (χ1v) is 15.1. The number of halogens is 9. The van der Waals surface area contributed by atoms with Crippen LogP contribution >= 0.6 is 23.2 Å². The van der Waals surface area contributed by atoms with Gasteiger partial charge in [0.25, 0.3) is 18.8 Å². The van der Waals surface area contributed by atoms with Crippen LogP contribution in [-0.2, 0) is 17.9 Å². The van der Waals surface area contributed by atoms with Gasteiger partial charge in [-0.1, -0.05) is 50.0 Å². The number of ether oxygens (including phenoxy) is 1. The van der Waals surface area contributed by atoms with E-state index < -0.39 is 49.4 Å². The fourth-order valence-electron chi connectivity index (χ4n) is 4.71. The molecule has 1 aliphatic carbocycles. The first-order valence-electron chi connectivity index (χ1n) is 14.4. The topological polar surface area (TPSA) is 110 Å². The summed E-state index contributed by atoms with van der Waals surface area (Å²) >= 11 is 13.0. The molecule has 9 nitrogen and oxygen atoms in total. The molecule has 1 aliphatic rings. The van der Waals surface area contributed by atoms with Crippen LogP contribution in [0.25, 0.3) is 11.2 Å². The predicted octanol–water partition coefficient (Wildman–Crippen LogP) is 7.90. The standard InChI is InChI=1S/C29H33Cl2F5N6O3.F2/c1-29(2,3)27(44)37-11-14-4-9-18(30)23(22(14)31)40-28-39-19-10-17(25(43)38-16-7-5-15(32)6-8-16)26(45-13-21(35)36)41-24(19)42(28)12-20(33)34;1-2/h4,9-10,15-16,20-21H,5-8,11-13H2,1-3H3,(H,37,44)(H,38,43)(H,39,40);. The molecule has 0 aliphatic heterocycles. The highest BCUT2D eigenvalue weighted by Crippen LogP contribution is 2.37. The Morgan fingerprint density at radius 3 is 2.30 bits per heavy atom. The Kier molecular flexibility index (Phi) is 13.3. The van der Waals surface area contributed by atoms with Crippen molar-refractivity contribution in [3.63, 3.8) is 0 Å². The molecule has 0 radical (unpaired) electrons. The van der Waals surface area contributed by atoms with Gasteiger partial charge >= 0.3 is 0 Å². The number of carbonyl (C=O) groups excluding carboxylic acids is 2. The number of amides is 2. The molecule has 1 aromatic carbocycles. The Morgan fingerprint density at radius 2 is 1.70 bits per heavy atom. The number of nitrogens with one attached hydrogen (secondary N) is 3.